The molecule has 0 bridgehead atoms. The third-order valence-electron chi connectivity index (χ3n) is 5.87. The fourth-order valence-corrected chi connectivity index (χ4v) is 4.18. The topological polar surface area (TPSA) is 73.0 Å². The Hall–Kier alpha value is -2.28. The van der Waals surface area contributed by atoms with Gasteiger partial charge in [0.2, 0.25) is 0 Å². The molecule has 0 N–H and O–H groups in total. The van der Waals surface area contributed by atoms with Crippen LogP contribution in [0.25, 0.3) is 0 Å². The van der Waals surface area contributed by atoms with Crippen LogP contribution in [-0.4, -0.2) is 43.9 Å². The standard InChI is InChI=1S/C20H27N5O2/c26-19-13-17-3-1-2-4-18(17)22-25(19)15-16-5-8-23(9-6-16)11-12-24-10-7-21-14-20(24)27/h7,10,13-14,16H,1-6,8-9,11-12,15H2. The van der Waals surface area contributed by atoms with E-state index in [4.69, 9.17) is 0 Å². The van der Waals surface area contributed by atoms with Crippen molar-refractivity contribution < 1.29 is 0 Å². The summed E-state index contributed by atoms with van der Waals surface area (Å²) in [7, 11) is 0. The van der Waals surface area contributed by atoms with Crippen LogP contribution in [0.5, 0.6) is 0 Å². The van der Waals surface area contributed by atoms with Crippen LogP contribution in [0.3, 0.4) is 0 Å². The molecule has 2 aliphatic rings. The first-order valence-corrected chi connectivity index (χ1v) is 10.0. The molecule has 27 heavy (non-hydrogen) atoms. The maximum absolute atomic E-state index is 12.4. The minimum absolute atomic E-state index is 0.0507. The van der Waals surface area contributed by atoms with E-state index in [1.807, 2.05) is 6.07 Å². The minimum Gasteiger partial charge on any atom is -0.311 e. The van der Waals surface area contributed by atoms with Crippen molar-refractivity contribution >= 4 is 0 Å². The molecule has 2 aromatic heterocycles. The van der Waals surface area contributed by atoms with Crippen LogP contribution in [-0.2, 0) is 25.9 Å². The molecular formula is C20H27N5O2. The summed E-state index contributed by atoms with van der Waals surface area (Å²) >= 11 is 0. The van der Waals surface area contributed by atoms with E-state index in [2.05, 4.69) is 15.0 Å². The zero-order chi connectivity index (χ0) is 18.6. The van der Waals surface area contributed by atoms with Crippen molar-refractivity contribution in [2.75, 3.05) is 19.6 Å². The van der Waals surface area contributed by atoms with E-state index in [1.54, 1.807) is 21.6 Å². The van der Waals surface area contributed by atoms with E-state index >= 15 is 0 Å². The van der Waals surface area contributed by atoms with Crippen molar-refractivity contribution in [3.63, 3.8) is 0 Å². The number of piperidine rings is 1. The molecule has 0 saturated carbocycles. The van der Waals surface area contributed by atoms with Crippen molar-refractivity contribution in [3.05, 3.63) is 56.6 Å². The number of aryl methyl sites for hydroxylation is 2. The Balaban J connectivity index is 1.30. The van der Waals surface area contributed by atoms with Crippen molar-refractivity contribution in [2.24, 2.45) is 5.92 Å². The zero-order valence-electron chi connectivity index (χ0n) is 15.7. The van der Waals surface area contributed by atoms with Crippen molar-refractivity contribution in [1.82, 2.24) is 24.2 Å². The minimum atomic E-state index is -0.0507. The first-order chi connectivity index (χ1) is 13.2. The molecule has 1 aliphatic heterocycles. The number of aromatic nitrogens is 4. The van der Waals surface area contributed by atoms with Crippen LogP contribution in [0.1, 0.15) is 36.9 Å². The van der Waals surface area contributed by atoms with Gasteiger partial charge in [-0.2, -0.15) is 5.10 Å². The molecule has 2 aromatic rings. The second kappa shape index (κ2) is 8.17. The third-order valence-corrected chi connectivity index (χ3v) is 5.87. The number of nitrogens with zero attached hydrogens (tertiary/aromatic N) is 5. The molecule has 0 atom stereocenters. The number of likely N-dealkylation sites (tertiary alicyclic amines) is 1. The number of hydrogen-bond donors (Lipinski definition) is 0. The van der Waals surface area contributed by atoms with Gasteiger partial charge in [-0.1, -0.05) is 0 Å². The van der Waals surface area contributed by atoms with Gasteiger partial charge < -0.3 is 9.47 Å². The fraction of sp³-hybridized carbons (Fsp3) is 0.600. The highest BCUT2D eigenvalue weighted by Gasteiger charge is 2.21. The molecule has 0 spiro atoms. The molecule has 1 saturated heterocycles. The van der Waals surface area contributed by atoms with Gasteiger partial charge in [0.25, 0.3) is 11.1 Å². The molecule has 4 rings (SSSR count). The highest BCUT2D eigenvalue weighted by Crippen LogP contribution is 2.20. The predicted molar refractivity (Wildman–Crippen MR) is 103 cm³/mol. The molecule has 0 aromatic carbocycles. The number of fused-ring (bicyclic) bond motifs is 1. The Morgan fingerprint density at radius 1 is 1.04 bits per heavy atom. The summed E-state index contributed by atoms with van der Waals surface area (Å²) in [5.41, 5.74) is 2.28. The molecule has 7 heteroatoms. The van der Waals surface area contributed by atoms with Crippen LogP contribution in [0, 0.1) is 5.92 Å². The van der Waals surface area contributed by atoms with E-state index in [-0.39, 0.29) is 11.1 Å². The van der Waals surface area contributed by atoms with Gasteiger partial charge in [-0.15, -0.1) is 0 Å². The molecule has 144 valence electrons. The Kier molecular flexibility index (Phi) is 5.48. The van der Waals surface area contributed by atoms with E-state index in [0.29, 0.717) is 12.5 Å². The highest BCUT2D eigenvalue weighted by atomic mass is 16.1. The zero-order valence-corrected chi connectivity index (χ0v) is 15.7. The summed E-state index contributed by atoms with van der Waals surface area (Å²) in [4.78, 5) is 30.3. The summed E-state index contributed by atoms with van der Waals surface area (Å²) < 4.78 is 3.40. The Labute approximate surface area is 158 Å². The summed E-state index contributed by atoms with van der Waals surface area (Å²) in [5.74, 6) is 0.497. The molecule has 0 unspecified atom stereocenters. The highest BCUT2D eigenvalue weighted by molar-refractivity contribution is 5.20. The average Bonchev–Trinajstić information content (AvgIpc) is 2.69. The molecule has 3 heterocycles. The predicted octanol–water partition coefficient (Wildman–Crippen LogP) is 1.09. The lowest BCUT2D eigenvalue weighted by atomic mass is 9.96. The molecule has 0 radical (unpaired) electrons. The smallest absolute Gasteiger partial charge is 0.269 e. The maximum Gasteiger partial charge on any atom is 0.269 e. The van der Waals surface area contributed by atoms with Gasteiger partial charge in [-0.05, 0) is 63.1 Å². The Morgan fingerprint density at radius 2 is 1.85 bits per heavy atom. The van der Waals surface area contributed by atoms with Gasteiger partial charge >= 0.3 is 0 Å². The summed E-state index contributed by atoms with van der Waals surface area (Å²) in [5, 5.41) is 4.66. The molecule has 1 aliphatic carbocycles. The van der Waals surface area contributed by atoms with Crippen molar-refractivity contribution in [3.8, 4) is 0 Å². The average molecular weight is 369 g/mol. The second-order valence-electron chi connectivity index (χ2n) is 7.74. The fourth-order valence-electron chi connectivity index (χ4n) is 4.18. The van der Waals surface area contributed by atoms with Crippen LogP contribution < -0.4 is 11.1 Å². The second-order valence-corrected chi connectivity index (χ2v) is 7.74. The van der Waals surface area contributed by atoms with Crippen LogP contribution >= 0.6 is 0 Å². The Bertz CT molecular complexity index is 896. The van der Waals surface area contributed by atoms with Gasteiger partial charge in [0.05, 0.1) is 11.9 Å². The molecule has 0 amide bonds. The van der Waals surface area contributed by atoms with Gasteiger partial charge in [-0.25, -0.2) is 4.68 Å². The monoisotopic (exact) mass is 369 g/mol. The summed E-state index contributed by atoms with van der Waals surface area (Å²) in [6.45, 7) is 4.30. The van der Waals surface area contributed by atoms with Gasteiger partial charge in [0, 0.05) is 38.1 Å². The van der Waals surface area contributed by atoms with Gasteiger partial charge in [-0.3, -0.25) is 14.6 Å². The molecular weight excluding hydrogens is 342 g/mol. The van der Waals surface area contributed by atoms with E-state index in [9.17, 15) is 9.59 Å². The lowest BCUT2D eigenvalue weighted by Crippen LogP contribution is -2.39. The van der Waals surface area contributed by atoms with E-state index < -0.39 is 0 Å². The first-order valence-electron chi connectivity index (χ1n) is 10.0. The maximum atomic E-state index is 12.4. The lowest BCUT2D eigenvalue weighted by Gasteiger charge is -2.32. The third kappa shape index (κ3) is 4.35. The largest absolute Gasteiger partial charge is 0.311 e. The van der Waals surface area contributed by atoms with Crippen LogP contribution in [0.4, 0.5) is 0 Å². The normalized spacial score (nSPS) is 18.4. The lowest BCUT2D eigenvalue weighted by molar-refractivity contribution is 0.164. The summed E-state index contributed by atoms with van der Waals surface area (Å²) in [6.07, 6.45) is 11.2. The number of rotatable bonds is 5. The summed E-state index contributed by atoms with van der Waals surface area (Å²) in [6, 6.07) is 1.81. The molecule has 7 nitrogen and oxygen atoms in total. The van der Waals surface area contributed by atoms with Gasteiger partial charge in [0.1, 0.15) is 0 Å². The van der Waals surface area contributed by atoms with E-state index in [1.165, 1.54) is 19.0 Å². The van der Waals surface area contributed by atoms with E-state index in [0.717, 1.165) is 63.1 Å². The van der Waals surface area contributed by atoms with Crippen LogP contribution in [0.2, 0.25) is 0 Å². The first kappa shape index (κ1) is 18.1. The van der Waals surface area contributed by atoms with Crippen molar-refractivity contribution in [2.45, 2.75) is 51.6 Å². The van der Waals surface area contributed by atoms with Crippen LogP contribution in [0.15, 0.2) is 34.2 Å². The Morgan fingerprint density at radius 3 is 2.67 bits per heavy atom. The SMILES string of the molecule is O=c1cnccn1CCN1CCC(Cn2nc3c(cc2=O)CCCC3)CC1. The quantitative estimate of drug-likeness (QED) is 0.789. The molecule has 1 fully saturated rings. The van der Waals surface area contributed by atoms with Crippen molar-refractivity contribution in [1.29, 1.82) is 0 Å². The van der Waals surface area contributed by atoms with Gasteiger partial charge in [0.15, 0.2) is 0 Å². The number of hydrogen-bond acceptors (Lipinski definition) is 5.